The molecule has 0 radical (unpaired) electrons. The number of nitrogens with two attached hydrogens (primary N) is 1. The lowest BCUT2D eigenvalue weighted by Gasteiger charge is -2.07. The van der Waals surface area contributed by atoms with Crippen molar-refractivity contribution in [1.82, 2.24) is 0 Å². The summed E-state index contributed by atoms with van der Waals surface area (Å²) in [6, 6.07) is 6.59. The normalized spacial score (nSPS) is 9.00. The summed E-state index contributed by atoms with van der Waals surface area (Å²) >= 11 is 0. The van der Waals surface area contributed by atoms with Crippen molar-refractivity contribution < 1.29 is 0 Å². The molecule has 9 heavy (non-hydrogen) atoms. The molecular weight excluding hydrogens is 116 g/mol. The van der Waals surface area contributed by atoms with E-state index in [0.29, 0.717) is 11.4 Å². The van der Waals surface area contributed by atoms with E-state index in [0.717, 1.165) is 0 Å². The van der Waals surface area contributed by atoms with Crippen LogP contribution < -0.4 is 11.2 Å². The maximum atomic E-state index is 9.95. The Kier molecular flexibility index (Phi) is 1.55. The van der Waals surface area contributed by atoms with Gasteiger partial charge in [0.25, 0.3) is 0 Å². The zero-order valence-electron chi connectivity index (χ0n) is 4.79. The molecule has 0 spiro atoms. The standard InChI is InChI=1S/C6H7N2O/c7-5-1-3-6(8-9)4-2-5/h1-4,8H,7H2/q-1. The monoisotopic (exact) mass is 123 g/mol. The molecule has 0 saturated heterocycles. The fourth-order valence-electron chi connectivity index (χ4n) is 0.551. The predicted octanol–water partition coefficient (Wildman–Crippen LogP) is 1.18. The minimum Gasteiger partial charge on any atom is -0.761 e. The zero-order valence-corrected chi connectivity index (χ0v) is 4.79. The van der Waals surface area contributed by atoms with E-state index in [1.54, 1.807) is 29.7 Å². The first kappa shape index (κ1) is 5.91. The number of rotatable bonds is 1. The molecule has 0 aliphatic carbocycles. The van der Waals surface area contributed by atoms with Crippen molar-refractivity contribution in [2.45, 2.75) is 0 Å². The molecule has 0 bridgehead atoms. The molecule has 1 aromatic rings. The van der Waals surface area contributed by atoms with Crippen molar-refractivity contribution in [1.29, 1.82) is 0 Å². The van der Waals surface area contributed by atoms with Gasteiger partial charge < -0.3 is 16.4 Å². The van der Waals surface area contributed by atoms with Crippen LogP contribution in [0.25, 0.3) is 0 Å². The number of anilines is 2. The number of nitrogens with one attached hydrogen (secondary N) is 1. The molecule has 0 atom stereocenters. The Bertz CT molecular complexity index is 183. The third-order valence-electron chi connectivity index (χ3n) is 1.03. The first-order valence-electron chi connectivity index (χ1n) is 2.56. The van der Waals surface area contributed by atoms with Crippen LogP contribution in [0.3, 0.4) is 0 Å². The molecule has 3 N–H and O–H groups in total. The van der Waals surface area contributed by atoms with Gasteiger partial charge in [-0.2, -0.15) is 0 Å². The van der Waals surface area contributed by atoms with Gasteiger partial charge in [-0.1, -0.05) is 0 Å². The second kappa shape index (κ2) is 2.37. The summed E-state index contributed by atoms with van der Waals surface area (Å²) in [7, 11) is 0. The smallest absolute Gasteiger partial charge is 0.0315 e. The van der Waals surface area contributed by atoms with E-state index in [4.69, 9.17) is 5.73 Å². The third kappa shape index (κ3) is 1.33. The van der Waals surface area contributed by atoms with Gasteiger partial charge in [-0.05, 0) is 24.3 Å². The summed E-state index contributed by atoms with van der Waals surface area (Å²) in [6.07, 6.45) is 0. The molecular formula is C6H7N2O-. The van der Waals surface area contributed by atoms with Crippen LogP contribution in [0.5, 0.6) is 0 Å². The topological polar surface area (TPSA) is 61.1 Å². The summed E-state index contributed by atoms with van der Waals surface area (Å²) < 4.78 is 0. The highest BCUT2D eigenvalue weighted by molar-refractivity contribution is 5.51. The van der Waals surface area contributed by atoms with Crippen LogP contribution in [-0.4, -0.2) is 0 Å². The second-order valence-electron chi connectivity index (χ2n) is 1.72. The fraction of sp³-hybridized carbons (Fsp3) is 0. The molecule has 0 heterocycles. The van der Waals surface area contributed by atoms with Gasteiger partial charge in [-0.15, -0.1) is 0 Å². The molecule has 0 saturated carbocycles. The van der Waals surface area contributed by atoms with Crippen molar-refractivity contribution in [3.63, 3.8) is 0 Å². The lowest BCUT2D eigenvalue weighted by Crippen LogP contribution is -1.86. The van der Waals surface area contributed by atoms with Gasteiger partial charge in [0.05, 0.1) is 0 Å². The largest absolute Gasteiger partial charge is 0.761 e. The highest BCUT2D eigenvalue weighted by atomic mass is 16.5. The maximum Gasteiger partial charge on any atom is 0.0315 e. The third-order valence-corrected chi connectivity index (χ3v) is 1.03. The van der Waals surface area contributed by atoms with Gasteiger partial charge in [0, 0.05) is 11.4 Å². The zero-order chi connectivity index (χ0) is 6.69. The predicted molar refractivity (Wildman–Crippen MR) is 37.8 cm³/mol. The Morgan fingerprint density at radius 1 is 1.22 bits per heavy atom. The SMILES string of the molecule is Nc1ccc(N[O-])cc1. The Hall–Kier alpha value is -1.22. The van der Waals surface area contributed by atoms with Crippen molar-refractivity contribution in [3.05, 3.63) is 29.5 Å². The lowest BCUT2D eigenvalue weighted by atomic mass is 10.3. The molecule has 48 valence electrons. The quantitative estimate of drug-likeness (QED) is 0.435. The lowest BCUT2D eigenvalue weighted by molar-refractivity contribution is 1.60. The van der Waals surface area contributed by atoms with Crippen molar-refractivity contribution in [3.8, 4) is 0 Å². The van der Waals surface area contributed by atoms with Crippen LogP contribution in [0.4, 0.5) is 11.4 Å². The summed E-state index contributed by atoms with van der Waals surface area (Å²) in [4.78, 5) is 0. The Labute approximate surface area is 53.1 Å². The Morgan fingerprint density at radius 3 is 2.22 bits per heavy atom. The molecule has 3 nitrogen and oxygen atoms in total. The first-order chi connectivity index (χ1) is 4.33. The minimum atomic E-state index is 0.532. The van der Waals surface area contributed by atoms with Crippen molar-refractivity contribution in [2.24, 2.45) is 0 Å². The van der Waals surface area contributed by atoms with Crippen molar-refractivity contribution in [2.75, 3.05) is 11.2 Å². The highest BCUT2D eigenvalue weighted by Crippen LogP contribution is 2.08. The number of nitrogen functional groups attached to an aromatic ring is 1. The maximum absolute atomic E-state index is 9.95. The van der Waals surface area contributed by atoms with Gasteiger partial charge in [-0.25, -0.2) is 0 Å². The van der Waals surface area contributed by atoms with Gasteiger partial charge >= 0.3 is 0 Å². The van der Waals surface area contributed by atoms with E-state index in [1.807, 2.05) is 0 Å². The number of hydrogen-bond donors (Lipinski definition) is 2. The highest BCUT2D eigenvalue weighted by Gasteiger charge is 1.82. The van der Waals surface area contributed by atoms with Crippen LogP contribution in [0, 0.1) is 5.21 Å². The second-order valence-corrected chi connectivity index (χ2v) is 1.72. The number of hydrogen-bond acceptors (Lipinski definition) is 3. The Morgan fingerprint density at radius 2 is 1.78 bits per heavy atom. The van der Waals surface area contributed by atoms with E-state index >= 15 is 0 Å². The van der Waals surface area contributed by atoms with Gasteiger partial charge in [0.1, 0.15) is 0 Å². The van der Waals surface area contributed by atoms with E-state index in [9.17, 15) is 5.21 Å². The molecule has 0 unspecified atom stereocenters. The molecule has 1 aromatic carbocycles. The molecule has 0 fully saturated rings. The van der Waals surface area contributed by atoms with E-state index < -0.39 is 0 Å². The molecule has 0 amide bonds. The van der Waals surface area contributed by atoms with E-state index in [-0.39, 0.29) is 0 Å². The summed E-state index contributed by atoms with van der Waals surface area (Å²) in [6.45, 7) is 0. The Balaban J connectivity index is 2.88. The van der Waals surface area contributed by atoms with Crippen LogP contribution >= 0.6 is 0 Å². The molecule has 3 heteroatoms. The van der Waals surface area contributed by atoms with Gasteiger partial charge in [0.2, 0.25) is 0 Å². The molecule has 0 aromatic heterocycles. The molecule has 0 aliphatic rings. The van der Waals surface area contributed by atoms with Gasteiger partial charge in [0.15, 0.2) is 0 Å². The summed E-state index contributed by atoms with van der Waals surface area (Å²) in [5, 5.41) is 9.95. The van der Waals surface area contributed by atoms with Crippen LogP contribution in [-0.2, 0) is 0 Å². The van der Waals surface area contributed by atoms with Crippen LogP contribution in [0.1, 0.15) is 0 Å². The van der Waals surface area contributed by atoms with Crippen molar-refractivity contribution >= 4 is 11.4 Å². The van der Waals surface area contributed by atoms with Gasteiger partial charge in [-0.3, -0.25) is 0 Å². The summed E-state index contributed by atoms with van der Waals surface area (Å²) in [5.41, 5.74) is 8.29. The molecule has 1 rings (SSSR count). The van der Waals surface area contributed by atoms with Crippen LogP contribution in [0.2, 0.25) is 0 Å². The summed E-state index contributed by atoms with van der Waals surface area (Å²) in [5.74, 6) is 0. The van der Waals surface area contributed by atoms with E-state index in [1.165, 1.54) is 0 Å². The van der Waals surface area contributed by atoms with E-state index in [2.05, 4.69) is 0 Å². The first-order valence-corrected chi connectivity index (χ1v) is 2.56. The minimum absolute atomic E-state index is 0.532. The number of benzene rings is 1. The average molecular weight is 123 g/mol. The molecule has 0 aliphatic heterocycles. The average Bonchev–Trinajstić information content (AvgIpc) is 1.90. The van der Waals surface area contributed by atoms with Crippen LogP contribution in [0.15, 0.2) is 24.3 Å². The fourth-order valence-corrected chi connectivity index (χ4v) is 0.551.